The van der Waals surface area contributed by atoms with Gasteiger partial charge in [0.25, 0.3) is 0 Å². The first-order chi connectivity index (χ1) is 7.97. The molecular formula is C13H25NO4. The van der Waals surface area contributed by atoms with Gasteiger partial charge in [0.15, 0.2) is 0 Å². The number of carbonyl (C=O) groups is 2. The van der Waals surface area contributed by atoms with E-state index < -0.39 is 23.7 Å². The van der Waals surface area contributed by atoms with Crippen molar-refractivity contribution >= 4 is 12.1 Å². The molecule has 0 radical (unpaired) electrons. The highest BCUT2D eigenvalue weighted by atomic mass is 16.6. The van der Waals surface area contributed by atoms with Gasteiger partial charge in [0.1, 0.15) is 11.6 Å². The molecule has 0 saturated heterocycles. The summed E-state index contributed by atoms with van der Waals surface area (Å²) in [5.74, 6) is -1.04. The lowest BCUT2D eigenvalue weighted by atomic mass is 9.83. The van der Waals surface area contributed by atoms with Crippen molar-refractivity contribution in [3.05, 3.63) is 0 Å². The monoisotopic (exact) mass is 259 g/mol. The number of carboxylic acids is 1. The van der Waals surface area contributed by atoms with Crippen LogP contribution < -0.4 is 5.32 Å². The number of nitrogens with one attached hydrogen (secondary N) is 1. The second-order valence-corrected chi connectivity index (χ2v) is 6.26. The molecule has 0 aliphatic rings. The van der Waals surface area contributed by atoms with Crippen LogP contribution in [0.2, 0.25) is 0 Å². The zero-order chi connectivity index (χ0) is 14.6. The number of hydrogen-bond donors (Lipinski definition) is 2. The minimum absolute atomic E-state index is 0.141. The maximum atomic E-state index is 11.6. The van der Waals surface area contributed by atoms with E-state index >= 15 is 0 Å². The fourth-order valence-corrected chi connectivity index (χ4v) is 1.35. The molecule has 0 aromatic heterocycles. The van der Waals surface area contributed by atoms with Crippen molar-refractivity contribution < 1.29 is 19.4 Å². The van der Waals surface area contributed by atoms with Gasteiger partial charge in [-0.15, -0.1) is 0 Å². The molecule has 0 bridgehead atoms. The lowest BCUT2D eigenvalue weighted by Gasteiger charge is -2.28. The van der Waals surface area contributed by atoms with Gasteiger partial charge in [-0.25, -0.2) is 9.59 Å². The summed E-state index contributed by atoms with van der Waals surface area (Å²) in [5.41, 5.74) is -0.772. The molecular weight excluding hydrogens is 234 g/mol. The Bertz CT molecular complexity index is 305. The first-order valence-corrected chi connectivity index (χ1v) is 6.19. The Balaban J connectivity index is 4.56. The molecule has 0 saturated carbocycles. The van der Waals surface area contributed by atoms with Crippen LogP contribution in [0.15, 0.2) is 0 Å². The summed E-state index contributed by atoms with van der Waals surface area (Å²) in [4.78, 5) is 22.7. The van der Waals surface area contributed by atoms with E-state index in [4.69, 9.17) is 9.84 Å². The zero-order valence-corrected chi connectivity index (χ0v) is 12.2. The highest BCUT2D eigenvalue weighted by molar-refractivity contribution is 5.80. The summed E-state index contributed by atoms with van der Waals surface area (Å²) < 4.78 is 5.05. The number of carboxylic acid groups (broad SMARTS) is 1. The van der Waals surface area contributed by atoms with Crippen molar-refractivity contribution in [3.63, 3.8) is 0 Å². The van der Waals surface area contributed by atoms with Gasteiger partial charge in [-0.2, -0.15) is 0 Å². The number of carbonyl (C=O) groups excluding carboxylic acids is 1. The van der Waals surface area contributed by atoms with Crippen LogP contribution in [0.5, 0.6) is 0 Å². The highest BCUT2D eigenvalue weighted by Crippen LogP contribution is 2.26. The summed E-state index contributed by atoms with van der Waals surface area (Å²) in [6, 6.07) is -0.921. The van der Waals surface area contributed by atoms with Crippen LogP contribution in [0.25, 0.3) is 0 Å². The second kappa shape index (κ2) is 6.07. The number of rotatable bonds is 5. The Hall–Kier alpha value is -1.26. The fourth-order valence-electron chi connectivity index (χ4n) is 1.35. The average molecular weight is 259 g/mol. The Morgan fingerprint density at radius 2 is 1.72 bits per heavy atom. The second-order valence-electron chi connectivity index (χ2n) is 6.26. The normalized spacial score (nSPS) is 13.9. The number of amides is 1. The molecule has 0 spiro atoms. The number of ether oxygens (including phenoxy) is 1. The molecule has 18 heavy (non-hydrogen) atoms. The molecule has 5 heteroatoms. The number of alkyl carbamates (subject to hydrolysis) is 1. The van der Waals surface area contributed by atoms with Crippen molar-refractivity contribution in [3.8, 4) is 0 Å². The van der Waals surface area contributed by atoms with Gasteiger partial charge < -0.3 is 15.2 Å². The topological polar surface area (TPSA) is 75.6 Å². The Kier molecular flexibility index (Phi) is 5.64. The Labute approximate surface area is 109 Å². The summed E-state index contributed by atoms with van der Waals surface area (Å²) >= 11 is 0. The van der Waals surface area contributed by atoms with Crippen LogP contribution in [0.1, 0.15) is 54.4 Å². The van der Waals surface area contributed by atoms with Crippen molar-refractivity contribution in [2.24, 2.45) is 5.41 Å². The van der Waals surface area contributed by atoms with E-state index in [0.29, 0.717) is 6.42 Å². The van der Waals surface area contributed by atoms with Crippen LogP contribution in [-0.4, -0.2) is 28.8 Å². The highest BCUT2D eigenvalue weighted by Gasteiger charge is 2.29. The molecule has 0 aromatic rings. The van der Waals surface area contributed by atoms with Crippen LogP contribution in [-0.2, 0) is 9.53 Å². The van der Waals surface area contributed by atoms with Gasteiger partial charge >= 0.3 is 12.1 Å². The van der Waals surface area contributed by atoms with Crippen LogP contribution >= 0.6 is 0 Å². The van der Waals surface area contributed by atoms with Crippen molar-refractivity contribution in [2.45, 2.75) is 66.0 Å². The Morgan fingerprint density at radius 1 is 1.22 bits per heavy atom. The quantitative estimate of drug-likeness (QED) is 0.796. The Morgan fingerprint density at radius 3 is 2.06 bits per heavy atom. The molecule has 0 aliphatic carbocycles. The SMILES string of the molecule is CCC(C)(C)CC(NC(=O)OC(C)(C)C)C(=O)O. The van der Waals surface area contributed by atoms with Crippen molar-refractivity contribution in [1.82, 2.24) is 5.32 Å². The van der Waals surface area contributed by atoms with Crippen molar-refractivity contribution in [2.75, 3.05) is 0 Å². The molecule has 0 heterocycles. The molecule has 0 aliphatic heterocycles. The molecule has 2 N–H and O–H groups in total. The third kappa shape index (κ3) is 7.14. The molecule has 0 aromatic carbocycles. The van der Waals surface area contributed by atoms with E-state index in [1.165, 1.54) is 0 Å². The molecule has 1 unspecified atom stereocenters. The van der Waals surface area contributed by atoms with Gasteiger partial charge in [-0.05, 0) is 32.6 Å². The van der Waals surface area contributed by atoms with Gasteiger partial charge in [0.2, 0.25) is 0 Å². The fraction of sp³-hybridized carbons (Fsp3) is 0.846. The molecule has 0 rings (SSSR count). The zero-order valence-electron chi connectivity index (χ0n) is 12.2. The molecule has 106 valence electrons. The standard InChI is InChI=1S/C13H25NO4/c1-7-13(5,6)8-9(10(15)16)14-11(17)18-12(2,3)4/h9H,7-8H2,1-6H3,(H,14,17)(H,15,16). The minimum Gasteiger partial charge on any atom is -0.480 e. The first-order valence-electron chi connectivity index (χ1n) is 6.19. The van der Waals surface area contributed by atoms with Gasteiger partial charge in [-0.3, -0.25) is 0 Å². The van der Waals surface area contributed by atoms with Crippen LogP contribution in [0, 0.1) is 5.41 Å². The lowest BCUT2D eigenvalue weighted by Crippen LogP contribution is -2.45. The minimum atomic E-state index is -1.04. The molecule has 1 atom stereocenters. The third-order valence-corrected chi connectivity index (χ3v) is 2.70. The van der Waals surface area contributed by atoms with Crippen LogP contribution in [0.4, 0.5) is 4.79 Å². The smallest absolute Gasteiger partial charge is 0.408 e. The summed E-state index contributed by atoms with van der Waals surface area (Å²) in [6.07, 6.45) is 0.520. The maximum Gasteiger partial charge on any atom is 0.408 e. The molecule has 5 nitrogen and oxygen atoms in total. The molecule has 1 amide bonds. The van der Waals surface area contributed by atoms with E-state index in [-0.39, 0.29) is 5.41 Å². The van der Waals surface area contributed by atoms with E-state index in [2.05, 4.69) is 5.32 Å². The lowest BCUT2D eigenvalue weighted by molar-refractivity contribution is -0.140. The predicted octanol–water partition coefficient (Wildman–Crippen LogP) is 2.79. The van der Waals surface area contributed by atoms with Crippen LogP contribution in [0.3, 0.4) is 0 Å². The third-order valence-electron chi connectivity index (χ3n) is 2.70. The van der Waals surface area contributed by atoms with E-state index in [0.717, 1.165) is 6.42 Å². The van der Waals surface area contributed by atoms with Gasteiger partial charge in [-0.1, -0.05) is 27.2 Å². The van der Waals surface area contributed by atoms with Gasteiger partial charge in [0.05, 0.1) is 0 Å². The van der Waals surface area contributed by atoms with Gasteiger partial charge in [0, 0.05) is 0 Å². The largest absolute Gasteiger partial charge is 0.480 e. The van der Waals surface area contributed by atoms with E-state index in [1.807, 2.05) is 20.8 Å². The van der Waals surface area contributed by atoms with E-state index in [1.54, 1.807) is 20.8 Å². The van der Waals surface area contributed by atoms with E-state index in [9.17, 15) is 9.59 Å². The summed E-state index contributed by atoms with van der Waals surface area (Å²) in [7, 11) is 0. The average Bonchev–Trinajstić information content (AvgIpc) is 2.13. The predicted molar refractivity (Wildman–Crippen MR) is 69.5 cm³/mol. The molecule has 0 fully saturated rings. The number of hydrogen-bond acceptors (Lipinski definition) is 3. The number of aliphatic carboxylic acids is 1. The maximum absolute atomic E-state index is 11.6. The summed E-state index contributed by atoms with van der Waals surface area (Å²) in [5, 5.41) is 11.5. The van der Waals surface area contributed by atoms with Crippen molar-refractivity contribution in [1.29, 1.82) is 0 Å². The first kappa shape index (κ1) is 16.7. The summed E-state index contributed by atoms with van der Waals surface area (Å²) in [6.45, 7) is 11.1.